The normalized spacial score (nSPS) is 12.6. The van der Waals surface area contributed by atoms with Crippen molar-refractivity contribution in [2.24, 2.45) is 0 Å². The number of carboxylic acid groups (broad SMARTS) is 1. The van der Waals surface area contributed by atoms with Crippen molar-refractivity contribution in [3.8, 4) is 0 Å². The number of carbonyl (C=O) groups is 1. The standard InChI is InChI=1S/C9H4F6O2/c10-8(11,12)4-1-2-5(7(16)17)6(3-4)9(13,14)15/h1-3H,(H,16,17). The highest BCUT2D eigenvalue weighted by atomic mass is 19.4. The number of aromatic carboxylic acids is 1. The Hall–Kier alpha value is -1.73. The summed E-state index contributed by atoms with van der Waals surface area (Å²) in [4.78, 5) is 10.4. The number of halogens is 6. The number of hydrogen-bond acceptors (Lipinski definition) is 1. The van der Waals surface area contributed by atoms with Crippen molar-refractivity contribution in [2.45, 2.75) is 12.4 Å². The van der Waals surface area contributed by atoms with E-state index in [0.29, 0.717) is 6.07 Å². The van der Waals surface area contributed by atoms with Crippen molar-refractivity contribution in [3.63, 3.8) is 0 Å². The van der Waals surface area contributed by atoms with E-state index in [4.69, 9.17) is 5.11 Å². The van der Waals surface area contributed by atoms with Crippen LogP contribution in [0.25, 0.3) is 0 Å². The van der Waals surface area contributed by atoms with Crippen LogP contribution in [0.2, 0.25) is 0 Å². The first kappa shape index (κ1) is 13.3. The van der Waals surface area contributed by atoms with Crippen molar-refractivity contribution in [2.75, 3.05) is 0 Å². The summed E-state index contributed by atoms with van der Waals surface area (Å²) >= 11 is 0. The molecule has 0 aliphatic heterocycles. The third-order valence-electron chi connectivity index (χ3n) is 1.88. The maximum atomic E-state index is 12.3. The first-order valence-electron chi connectivity index (χ1n) is 4.05. The fourth-order valence-electron chi connectivity index (χ4n) is 1.14. The number of benzene rings is 1. The maximum Gasteiger partial charge on any atom is 0.417 e. The average Bonchev–Trinajstić information content (AvgIpc) is 2.14. The molecule has 0 aliphatic carbocycles. The second kappa shape index (κ2) is 3.94. The van der Waals surface area contributed by atoms with E-state index in [1.165, 1.54) is 0 Å². The molecule has 17 heavy (non-hydrogen) atoms. The van der Waals surface area contributed by atoms with Crippen LogP contribution >= 0.6 is 0 Å². The summed E-state index contributed by atoms with van der Waals surface area (Å²) in [7, 11) is 0. The van der Waals surface area contributed by atoms with Gasteiger partial charge in [-0.25, -0.2) is 4.79 Å². The number of carboxylic acids is 1. The van der Waals surface area contributed by atoms with E-state index >= 15 is 0 Å². The molecule has 0 saturated carbocycles. The van der Waals surface area contributed by atoms with Gasteiger partial charge in [-0.05, 0) is 18.2 Å². The first-order valence-corrected chi connectivity index (χ1v) is 4.05. The molecule has 0 unspecified atom stereocenters. The summed E-state index contributed by atoms with van der Waals surface area (Å²) in [6, 6.07) is 0.357. The molecule has 0 radical (unpaired) electrons. The van der Waals surface area contributed by atoms with Gasteiger partial charge in [0.1, 0.15) is 0 Å². The van der Waals surface area contributed by atoms with Crippen LogP contribution in [-0.4, -0.2) is 11.1 Å². The Morgan fingerprint density at radius 3 is 1.88 bits per heavy atom. The Morgan fingerprint density at radius 2 is 1.53 bits per heavy atom. The molecule has 8 heteroatoms. The second-order valence-electron chi connectivity index (χ2n) is 3.06. The molecule has 94 valence electrons. The van der Waals surface area contributed by atoms with Gasteiger partial charge in [-0.3, -0.25) is 0 Å². The van der Waals surface area contributed by atoms with Gasteiger partial charge in [0.05, 0.1) is 16.7 Å². The SMILES string of the molecule is O=C(O)c1ccc(C(F)(F)F)cc1C(F)(F)F. The van der Waals surface area contributed by atoms with Crippen LogP contribution < -0.4 is 0 Å². The molecule has 0 heterocycles. The van der Waals surface area contributed by atoms with Gasteiger partial charge in [-0.1, -0.05) is 0 Å². The fourth-order valence-corrected chi connectivity index (χ4v) is 1.14. The molecule has 0 aliphatic rings. The molecule has 2 nitrogen and oxygen atoms in total. The highest BCUT2D eigenvalue weighted by Gasteiger charge is 2.39. The largest absolute Gasteiger partial charge is 0.478 e. The van der Waals surface area contributed by atoms with Gasteiger partial charge in [0, 0.05) is 0 Å². The molecule has 0 bridgehead atoms. The Labute approximate surface area is 90.5 Å². The lowest BCUT2D eigenvalue weighted by molar-refractivity contribution is -0.143. The summed E-state index contributed by atoms with van der Waals surface area (Å²) < 4.78 is 73.6. The Bertz CT molecular complexity index is 446. The Morgan fingerprint density at radius 1 is 1.00 bits per heavy atom. The molecule has 1 N–H and O–H groups in total. The number of hydrogen-bond donors (Lipinski definition) is 1. The van der Waals surface area contributed by atoms with Gasteiger partial charge >= 0.3 is 18.3 Å². The third-order valence-corrected chi connectivity index (χ3v) is 1.88. The zero-order valence-electron chi connectivity index (χ0n) is 7.86. The van der Waals surface area contributed by atoms with Crippen molar-refractivity contribution < 1.29 is 36.2 Å². The van der Waals surface area contributed by atoms with Gasteiger partial charge < -0.3 is 5.11 Å². The molecular formula is C9H4F6O2. The molecule has 1 rings (SSSR count). The van der Waals surface area contributed by atoms with E-state index in [1.54, 1.807) is 0 Å². The summed E-state index contributed by atoms with van der Waals surface area (Å²) in [6.07, 6.45) is -10.1. The van der Waals surface area contributed by atoms with E-state index in [0.717, 1.165) is 0 Å². The molecule has 0 spiro atoms. The molecule has 0 aromatic heterocycles. The van der Waals surface area contributed by atoms with Crippen molar-refractivity contribution in [3.05, 3.63) is 34.9 Å². The lowest BCUT2D eigenvalue weighted by atomic mass is 10.0. The van der Waals surface area contributed by atoms with Crippen LogP contribution in [-0.2, 0) is 12.4 Å². The molecule has 0 amide bonds. The van der Waals surface area contributed by atoms with Crippen LogP contribution in [0.5, 0.6) is 0 Å². The molecule has 1 aromatic rings. The topological polar surface area (TPSA) is 37.3 Å². The van der Waals surface area contributed by atoms with Crippen LogP contribution in [0.4, 0.5) is 26.3 Å². The fraction of sp³-hybridized carbons (Fsp3) is 0.222. The van der Waals surface area contributed by atoms with E-state index in [1.807, 2.05) is 0 Å². The van der Waals surface area contributed by atoms with Crippen LogP contribution in [0, 0.1) is 0 Å². The summed E-state index contributed by atoms with van der Waals surface area (Å²) in [5, 5.41) is 8.44. The highest BCUT2D eigenvalue weighted by molar-refractivity contribution is 5.89. The van der Waals surface area contributed by atoms with Gasteiger partial charge in [0.25, 0.3) is 0 Å². The van der Waals surface area contributed by atoms with Crippen molar-refractivity contribution in [1.82, 2.24) is 0 Å². The van der Waals surface area contributed by atoms with E-state index in [2.05, 4.69) is 0 Å². The third kappa shape index (κ3) is 2.89. The minimum atomic E-state index is -5.16. The molecule has 0 fully saturated rings. The zero-order valence-corrected chi connectivity index (χ0v) is 7.86. The predicted octanol–water partition coefficient (Wildman–Crippen LogP) is 3.42. The van der Waals surface area contributed by atoms with Crippen molar-refractivity contribution >= 4 is 5.97 Å². The quantitative estimate of drug-likeness (QED) is 0.783. The van der Waals surface area contributed by atoms with Gasteiger partial charge in [-0.2, -0.15) is 26.3 Å². The van der Waals surface area contributed by atoms with Crippen LogP contribution in [0.3, 0.4) is 0 Å². The Kier molecular flexibility index (Phi) is 3.09. The van der Waals surface area contributed by atoms with Crippen LogP contribution in [0.15, 0.2) is 18.2 Å². The maximum absolute atomic E-state index is 12.3. The number of alkyl halides is 6. The molecular weight excluding hydrogens is 254 g/mol. The van der Waals surface area contributed by atoms with Gasteiger partial charge in [0.2, 0.25) is 0 Å². The minimum absolute atomic E-state index is 0.219. The Balaban J connectivity index is 3.46. The summed E-state index contributed by atoms with van der Waals surface area (Å²) in [5.74, 6) is -1.94. The van der Waals surface area contributed by atoms with Gasteiger partial charge in [-0.15, -0.1) is 0 Å². The van der Waals surface area contributed by atoms with Crippen molar-refractivity contribution in [1.29, 1.82) is 0 Å². The predicted molar refractivity (Wildman–Crippen MR) is 43.4 cm³/mol. The first-order chi connectivity index (χ1) is 7.53. The summed E-state index contributed by atoms with van der Waals surface area (Å²) in [6.45, 7) is 0. The number of rotatable bonds is 1. The molecule has 0 saturated heterocycles. The minimum Gasteiger partial charge on any atom is -0.478 e. The lowest BCUT2D eigenvalue weighted by Gasteiger charge is -2.13. The molecule has 0 atom stereocenters. The second-order valence-corrected chi connectivity index (χ2v) is 3.06. The smallest absolute Gasteiger partial charge is 0.417 e. The highest BCUT2D eigenvalue weighted by Crippen LogP contribution is 2.37. The monoisotopic (exact) mass is 258 g/mol. The average molecular weight is 258 g/mol. The summed E-state index contributed by atoms with van der Waals surface area (Å²) in [5.41, 5.74) is -4.58. The van der Waals surface area contributed by atoms with Gasteiger partial charge in [0.15, 0.2) is 0 Å². The van der Waals surface area contributed by atoms with Crippen LogP contribution in [0.1, 0.15) is 21.5 Å². The van der Waals surface area contributed by atoms with E-state index < -0.39 is 35.0 Å². The van der Waals surface area contributed by atoms with E-state index in [9.17, 15) is 31.1 Å². The zero-order chi connectivity index (χ0) is 13.4. The lowest BCUT2D eigenvalue weighted by Crippen LogP contribution is -2.15. The van der Waals surface area contributed by atoms with E-state index in [-0.39, 0.29) is 12.1 Å². The molecule has 1 aromatic carbocycles.